The van der Waals surface area contributed by atoms with Crippen molar-refractivity contribution >= 4 is 39.7 Å². The molecule has 1 saturated heterocycles. The van der Waals surface area contributed by atoms with Gasteiger partial charge in [0.2, 0.25) is 15.9 Å². The summed E-state index contributed by atoms with van der Waals surface area (Å²) in [5, 5.41) is 6.10. The molecule has 1 aromatic carbocycles. The summed E-state index contributed by atoms with van der Waals surface area (Å²) in [7, 11) is -3.30. The maximum Gasteiger partial charge on any atom is 0.232 e. The van der Waals surface area contributed by atoms with Crippen molar-refractivity contribution in [2.24, 2.45) is 5.92 Å². The molecule has 2 rings (SSSR count). The van der Waals surface area contributed by atoms with Crippen molar-refractivity contribution in [1.29, 1.82) is 0 Å². The first kappa shape index (κ1) is 20.7. The summed E-state index contributed by atoms with van der Waals surface area (Å²) in [6.45, 7) is 3.63. The molecule has 8 heteroatoms. The predicted octanol–water partition coefficient (Wildman–Crippen LogP) is 2.59. The summed E-state index contributed by atoms with van der Waals surface area (Å²) < 4.78 is 26.2. The quantitative estimate of drug-likeness (QED) is 0.683. The van der Waals surface area contributed by atoms with Crippen molar-refractivity contribution in [3.8, 4) is 0 Å². The van der Waals surface area contributed by atoms with Crippen molar-refractivity contribution in [2.45, 2.75) is 32.6 Å². The number of amides is 1. The fraction of sp³-hybridized carbons (Fsp3) is 0.562. The number of sulfonamides is 1. The molecule has 6 nitrogen and oxygen atoms in total. The summed E-state index contributed by atoms with van der Waals surface area (Å²) in [5.74, 6) is 0.126. The molecule has 1 fully saturated rings. The molecule has 0 bridgehead atoms. The zero-order valence-corrected chi connectivity index (χ0v) is 15.5. The van der Waals surface area contributed by atoms with Gasteiger partial charge in [0.1, 0.15) is 0 Å². The average molecular weight is 376 g/mol. The van der Waals surface area contributed by atoms with Gasteiger partial charge in [0, 0.05) is 17.9 Å². The molecule has 1 aromatic rings. The molecule has 3 N–H and O–H groups in total. The lowest BCUT2D eigenvalue weighted by atomic mass is 9.99. The minimum Gasteiger partial charge on any atom is -0.326 e. The summed E-state index contributed by atoms with van der Waals surface area (Å²) in [5.41, 5.74) is 1.19. The van der Waals surface area contributed by atoms with Crippen LogP contribution in [0.25, 0.3) is 0 Å². The Balaban J connectivity index is 0.00000288. The van der Waals surface area contributed by atoms with Crippen LogP contribution in [0.3, 0.4) is 0 Å². The Morgan fingerprint density at radius 3 is 2.50 bits per heavy atom. The smallest absolute Gasteiger partial charge is 0.232 e. The number of rotatable bonds is 7. The summed E-state index contributed by atoms with van der Waals surface area (Å²) >= 11 is 0. The van der Waals surface area contributed by atoms with E-state index in [2.05, 4.69) is 15.4 Å². The minimum absolute atomic E-state index is 0. The number of hydrogen-bond acceptors (Lipinski definition) is 4. The number of piperidine rings is 1. The molecule has 0 aromatic heterocycles. The Bertz CT molecular complexity index is 614. The van der Waals surface area contributed by atoms with E-state index >= 15 is 0 Å². The summed E-state index contributed by atoms with van der Waals surface area (Å²) in [4.78, 5) is 12.1. The minimum atomic E-state index is -3.30. The third-order valence-corrected chi connectivity index (χ3v) is 5.23. The number of carbonyl (C=O) groups is 1. The lowest BCUT2D eigenvalue weighted by Gasteiger charge is -2.21. The van der Waals surface area contributed by atoms with E-state index in [-0.39, 0.29) is 30.0 Å². The van der Waals surface area contributed by atoms with E-state index in [1.165, 1.54) is 0 Å². The number of unbranched alkanes of at least 4 members (excludes halogenated alkanes) is 1. The molecule has 24 heavy (non-hydrogen) atoms. The Morgan fingerprint density at radius 1 is 1.25 bits per heavy atom. The van der Waals surface area contributed by atoms with Crippen LogP contribution in [0.5, 0.6) is 0 Å². The highest BCUT2D eigenvalue weighted by Crippen LogP contribution is 2.18. The van der Waals surface area contributed by atoms with Crippen LogP contribution in [0.4, 0.5) is 11.4 Å². The van der Waals surface area contributed by atoms with E-state index in [1.807, 2.05) is 6.92 Å². The highest BCUT2D eigenvalue weighted by atomic mass is 35.5. The number of benzene rings is 1. The second-order valence-electron chi connectivity index (χ2n) is 5.88. The molecule has 0 radical (unpaired) electrons. The van der Waals surface area contributed by atoms with Gasteiger partial charge in [-0.1, -0.05) is 13.3 Å². The monoisotopic (exact) mass is 375 g/mol. The molecule has 1 aliphatic heterocycles. The topological polar surface area (TPSA) is 87.3 Å². The van der Waals surface area contributed by atoms with Gasteiger partial charge in [0.05, 0.1) is 11.7 Å². The van der Waals surface area contributed by atoms with Gasteiger partial charge in [-0.2, -0.15) is 0 Å². The van der Waals surface area contributed by atoms with Gasteiger partial charge in [-0.15, -0.1) is 12.4 Å². The third-order valence-electron chi connectivity index (χ3n) is 3.86. The molecule has 0 spiro atoms. The second kappa shape index (κ2) is 9.86. The molecule has 1 aliphatic rings. The Morgan fingerprint density at radius 2 is 1.92 bits per heavy atom. The van der Waals surface area contributed by atoms with E-state index in [9.17, 15) is 13.2 Å². The zero-order valence-electron chi connectivity index (χ0n) is 13.9. The average Bonchev–Trinajstić information content (AvgIpc) is 2.55. The second-order valence-corrected chi connectivity index (χ2v) is 7.73. The molecule has 1 atom stereocenters. The SMILES string of the molecule is CCCCS(=O)(=O)Nc1ccc(NC(=O)C2CCCNC2)cc1.Cl. The Labute approximate surface area is 150 Å². The lowest BCUT2D eigenvalue weighted by Crippen LogP contribution is -2.37. The van der Waals surface area contributed by atoms with Gasteiger partial charge < -0.3 is 10.6 Å². The van der Waals surface area contributed by atoms with Crippen molar-refractivity contribution in [2.75, 3.05) is 28.9 Å². The fourth-order valence-corrected chi connectivity index (χ4v) is 3.77. The molecule has 0 aliphatic carbocycles. The van der Waals surface area contributed by atoms with Crippen LogP contribution in [0.2, 0.25) is 0 Å². The number of nitrogens with one attached hydrogen (secondary N) is 3. The third kappa shape index (κ3) is 6.67. The molecule has 0 saturated carbocycles. The van der Waals surface area contributed by atoms with Gasteiger partial charge in [0.25, 0.3) is 0 Å². The fourth-order valence-electron chi connectivity index (χ4n) is 2.51. The van der Waals surface area contributed by atoms with E-state index in [4.69, 9.17) is 0 Å². The zero-order chi connectivity index (χ0) is 16.7. The molecule has 1 heterocycles. The van der Waals surface area contributed by atoms with Crippen molar-refractivity contribution in [3.05, 3.63) is 24.3 Å². The van der Waals surface area contributed by atoms with Crippen molar-refractivity contribution in [3.63, 3.8) is 0 Å². The standard InChI is InChI=1S/C16H25N3O3S.ClH/c1-2-3-11-23(21,22)19-15-8-6-14(7-9-15)18-16(20)13-5-4-10-17-12-13;/h6-9,13,17,19H,2-5,10-12H2,1H3,(H,18,20);1H. The highest BCUT2D eigenvalue weighted by Gasteiger charge is 2.20. The Hall–Kier alpha value is -1.31. The lowest BCUT2D eigenvalue weighted by molar-refractivity contribution is -0.120. The highest BCUT2D eigenvalue weighted by molar-refractivity contribution is 7.92. The van der Waals surface area contributed by atoms with Crippen LogP contribution in [0.15, 0.2) is 24.3 Å². The number of halogens is 1. The van der Waals surface area contributed by atoms with Gasteiger partial charge in [0.15, 0.2) is 0 Å². The first-order valence-corrected chi connectivity index (χ1v) is 9.77. The van der Waals surface area contributed by atoms with Crippen LogP contribution < -0.4 is 15.4 Å². The van der Waals surface area contributed by atoms with Crippen molar-refractivity contribution in [1.82, 2.24) is 5.32 Å². The van der Waals surface area contributed by atoms with Crippen LogP contribution in [0.1, 0.15) is 32.6 Å². The molecule has 1 unspecified atom stereocenters. The van der Waals surface area contributed by atoms with E-state index in [1.54, 1.807) is 24.3 Å². The predicted molar refractivity (Wildman–Crippen MR) is 100 cm³/mol. The maximum atomic E-state index is 12.1. The molecular formula is C16H26ClN3O3S. The normalized spacial score (nSPS) is 17.6. The maximum absolute atomic E-state index is 12.1. The van der Waals surface area contributed by atoms with Gasteiger partial charge in [-0.05, 0) is 50.1 Å². The number of hydrogen-bond donors (Lipinski definition) is 3. The first-order chi connectivity index (χ1) is 11.0. The molecular weight excluding hydrogens is 350 g/mol. The van der Waals surface area contributed by atoms with Crippen LogP contribution in [-0.2, 0) is 14.8 Å². The number of carbonyl (C=O) groups excluding carboxylic acids is 1. The molecule has 136 valence electrons. The van der Waals surface area contributed by atoms with Gasteiger partial charge in [-0.3, -0.25) is 9.52 Å². The van der Waals surface area contributed by atoms with Gasteiger partial charge in [-0.25, -0.2) is 8.42 Å². The Kier molecular flexibility index (Phi) is 8.52. The summed E-state index contributed by atoms with van der Waals surface area (Å²) in [6.07, 6.45) is 3.38. The largest absolute Gasteiger partial charge is 0.326 e. The van der Waals surface area contributed by atoms with Crippen LogP contribution >= 0.6 is 12.4 Å². The van der Waals surface area contributed by atoms with E-state index < -0.39 is 10.0 Å². The van der Waals surface area contributed by atoms with Crippen LogP contribution in [-0.4, -0.2) is 33.2 Å². The van der Waals surface area contributed by atoms with Gasteiger partial charge >= 0.3 is 0 Å². The summed E-state index contributed by atoms with van der Waals surface area (Å²) in [6, 6.07) is 6.76. The molecule has 1 amide bonds. The van der Waals surface area contributed by atoms with Crippen molar-refractivity contribution < 1.29 is 13.2 Å². The van der Waals surface area contributed by atoms with E-state index in [0.29, 0.717) is 24.3 Å². The van der Waals surface area contributed by atoms with Crippen LogP contribution in [0, 0.1) is 5.92 Å². The number of anilines is 2. The van der Waals surface area contributed by atoms with E-state index in [0.717, 1.165) is 25.8 Å². The first-order valence-electron chi connectivity index (χ1n) is 8.12.